The third-order valence-electron chi connectivity index (χ3n) is 4.95. The average molecular weight is 407 g/mol. The second kappa shape index (κ2) is 7.07. The van der Waals surface area contributed by atoms with Crippen LogP contribution in [0.15, 0.2) is 28.7 Å². The van der Waals surface area contributed by atoms with E-state index in [0.29, 0.717) is 12.0 Å². The van der Waals surface area contributed by atoms with Gasteiger partial charge in [0.05, 0.1) is 6.54 Å². The number of hydrogen-bond donors (Lipinski definition) is 0. The van der Waals surface area contributed by atoms with Gasteiger partial charge in [-0.05, 0) is 30.9 Å². The lowest BCUT2D eigenvalue weighted by atomic mass is 9.85. The molecule has 6 nitrogen and oxygen atoms in total. The molecule has 2 aliphatic rings. The first-order valence-corrected chi connectivity index (χ1v) is 9.17. The van der Waals surface area contributed by atoms with Gasteiger partial charge in [-0.15, -0.1) is 0 Å². The zero-order chi connectivity index (χ0) is 18.1. The highest BCUT2D eigenvalue weighted by molar-refractivity contribution is 9.10. The molecule has 1 aromatic carbocycles. The fourth-order valence-corrected chi connectivity index (χ4v) is 3.77. The summed E-state index contributed by atoms with van der Waals surface area (Å²) in [6, 6.07) is 5.72. The van der Waals surface area contributed by atoms with Gasteiger partial charge in [-0.3, -0.25) is 19.3 Å². The molecule has 0 spiro atoms. The standard InChI is InChI=1S/C18H19BrN2O4/c1-11-4-2-3-5-14(11)21-17(24)16(23)20(18(21)25)10-15(22)12-6-8-13(19)9-7-12/h6-9,11,14H,2-5,10H2,1H3/t11-,14+/m1/s1. The number of urea groups is 1. The molecule has 1 heterocycles. The molecule has 2 atom stereocenters. The quantitative estimate of drug-likeness (QED) is 0.437. The van der Waals surface area contributed by atoms with E-state index in [9.17, 15) is 19.2 Å². The maximum absolute atomic E-state index is 12.6. The topological polar surface area (TPSA) is 74.8 Å². The van der Waals surface area contributed by atoms with Crippen LogP contribution in [0.3, 0.4) is 0 Å². The van der Waals surface area contributed by atoms with Gasteiger partial charge < -0.3 is 0 Å². The maximum Gasteiger partial charge on any atom is 0.334 e. The van der Waals surface area contributed by atoms with Crippen LogP contribution in [0.5, 0.6) is 0 Å². The summed E-state index contributed by atoms with van der Waals surface area (Å²) >= 11 is 3.29. The van der Waals surface area contributed by atoms with Crippen molar-refractivity contribution < 1.29 is 19.2 Å². The Kier molecular flexibility index (Phi) is 5.03. The lowest BCUT2D eigenvalue weighted by molar-refractivity contribution is -0.144. The minimum atomic E-state index is -0.909. The Bertz CT molecular complexity index is 731. The predicted molar refractivity (Wildman–Crippen MR) is 93.8 cm³/mol. The molecule has 4 amide bonds. The van der Waals surface area contributed by atoms with Gasteiger partial charge in [0.15, 0.2) is 5.78 Å². The number of hydrogen-bond acceptors (Lipinski definition) is 4. The molecule has 0 radical (unpaired) electrons. The van der Waals surface area contributed by atoms with Gasteiger partial charge in [-0.1, -0.05) is 47.8 Å². The molecular formula is C18H19BrN2O4. The van der Waals surface area contributed by atoms with E-state index in [1.165, 1.54) is 0 Å². The number of carbonyl (C=O) groups excluding carboxylic acids is 4. The summed E-state index contributed by atoms with van der Waals surface area (Å²) in [5, 5.41) is 0. The van der Waals surface area contributed by atoms with Crippen LogP contribution in [0.2, 0.25) is 0 Å². The molecule has 0 unspecified atom stereocenters. The van der Waals surface area contributed by atoms with Crippen molar-refractivity contribution in [3.8, 4) is 0 Å². The molecule has 0 aromatic heterocycles. The fraction of sp³-hybridized carbons (Fsp3) is 0.444. The number of carbonyl (C=O) groups is 4. The van der Waals surface area contributed by atoms with Crippen LogP contribution < -0.4 is 0 Å². The number of halogens is 1. The van der Waals surface area contributed by atoms with Gasteiger partial charge >= 0.3 is 17.8 Å². The number of nitrogens with zero attached hydrogens (tertiary/aromatic N) is 2. The highest BCUT2D eigenvalue weighted by Gasteiger charge is 2.49. The Morgan fingerprint density at radius 1 is 1.08 bits per heavy atom. The summed E-state index contributed by atoms with van der Waals surface area (Å²) in [5.74, 6) is -1.93. The largest absolute Gasteiger partial charge is 0.334 e. The Labute approximate surface area is 154 Å². The van der Waals surface area contributed by atoms with E-state index in [0.717, 1.165) is 33.5 Å². The van der Waals surface area contributed by atoms with Crippen LogP contribution in [-0.2, 0) is 9.59 Å². The Morgan fingerprint density at radius 3 is 2.36 bits per heavy atom. The average Bonchev–Trinajstić information content (AvgIpc) is 2.80. The van der Waals surface area contributed by atoms with Crippen LogP contribution in [0.4, 0.5) is 4.79 Å². The second-order valence-corrected chi connectivity index (χ2v) is 7.52. The van der Waals surface area contributed by atoms with E-state index in [4.69, 9.17) is 0 Å². The van der Waals surface area contributed by atoms with Crippen molar-refractivity contribution in [2.24, 2.45) is 5.92 Å². The number of imide groups is 2. The van der Waals surface area contributed by atoms with Gasteiger partial charge in [0.25, 0.3) is 0 Å². The molecule has 7 heteroatoms. The van der Waals surface area contributed by atoms with E-state index < -0.39 is 24.4 Å². The van der Waals surface area contributed by atoms with Gasteiger partial charge in [0.1, 0.15) is 0 Å². The SMILES string of the molecule is C[C@@H]1CCCC[C@@H]1N1C(=O)C(=O)N(CC(=O)c2ccc(Br)cc2)C1=O. The van der Waals surface area contributed by atoms with Crippen molar-refractivity contribution in [1.29, 1.82) is 0 Å². The lowest BCUT2D eigenvalue weighted by Crippen LogP contribution is -2.46. The fourth-order valence-electron chi connectivity index (χ4n) is 3.51. The van der Waals surface area contributed by atoms with Crippen molar-refractivity contribution in [1.82, 2.24) is 9.80 Å². The van der Waals surface area contributed by atoms with Crippen molar-refractivity contribution in [2.45, 2.75) is 38.6 Å². The molecule has 1 aromatic rings. The molecule has 0 N–H and O–H groups in total. The van der Waals surface area contributed by atoms with E-state index in [1.54, 1.807) is 24.3 Å². The van der Waals surface area contributed by atoms with Crippen LogP contribution in [0, 0.1) is 5.92 Å². The Morgan fingerprint density at radius 2 is 1.72 bits per heavy atom. The highest BCUT2D eigenvalue weighted by Crippen LogP contribution is 2.31. The summed E-state index contributed by atoms with van der Waals surface area (Å²) in [7, 11) is 0. The molecule has 0 bridgehead atoms. The first-order chi connectivity index (χ1) is 11.9. The second-order valence-electron chi connectivity index (χ2n) is 6.61. The molecule has 132 valence electrons. The molecule has 2 fully saturated rings. The number of Topliss-reactive ketones (excluding diaryl/α,β-unsaturated/α-hetero) is 1. The zero-order valence-electron chi connectivity index (χ0n) is 13.9. The van der Waals surface area contributed by atoms with Crippen molar-refractivity contribution in [3.05, 3.63) is 34.3 Å². The normalized spacial score (nSPS) is 24.2. The highest BCUT2D eigenvalue weighted by atomic mass is 79.9. The third kappa shape index (κ3) is 3.38. The Hall–Kier alpha value is -2.02. The van der Waals surface area contributed by atoms with Crippen LogP contribution >= 0.6 is 15.9 Å². The number of benzene rings is 1. The molecule has 1 saturated heterocycles. The summed E-state index contributed by atoms with van der Waals surface area (Å²) in [6.45, 7) is 1.58. The molecule has 3 rings (SSSR count). The predicted octanol–water partition coefficient (Wildman–Crippen LogP) is 3.00. The van der Waals surface area contributed by atoms with Crippen LogP contribution in [0.1, 0.15) is 43.0 Å². The monoisotopic (exact) mass is 406 g/mol. The zero-order valence-corrected chi connectivity index (χ0v) is 15.5. The van der Waals surface area contributed by atoms with E-state index in [-0.39, 0.29) is 17.7 Å². The molecular weight excluding hydrogens is 388 g/mol. The van der Waals surface area contributed by atoms with Crippen LogP contribution in [0.25, 0.3) is 0 Å². The minimum Gasteiger partial charge on any atom is -0.292 e. The van der Waals surface area contributed by atoms with Gasteiger partial charge in [0, 0.05) is 16.1 Å². The molecule has 1 aliphatic carbocycles. The van der Waals surface area contributed by atoms with Crippen molar-refractivity contribution in [3.63, 3.8) is 0 Å². The van der Waals surface area contributed by atoms with Crippen molar-refractivity contribution >= 4 is 39.6 Å². The van der Waals surface area contributed by atoms with Gasteiger partial charge in [-0.25, -0.2) is 9.69 Å². The number of amides is 4. The summed E-state index contributed by atoms with van der Waals surface area (Å²) in [5.41, 5.74) is 0.390. The summed E-state index contributed by atoms with van der Waals surface area (Å²) < 4.78 is 0.824. The first kappa shape index (κ1) is 17.8. The third-order valence-corrected chi connectivity index (χ3v) is 5.48. The summed E-state index contributed by atoms with van der Waals surface area (Å²) in [4.78, 5) is 51.4. The van der Waals surface area contributed by atoms with E-state index in [1.807, 2.05) is 6.92 Å². The molecule has 1 saturated carbocycles. The number of rotatable bonds is 4. The lowest BCUT2D eigenvalue weighted by Gasteiger charge is -2.34. The smallest absolute Gasteiger partial charge is 0.292 e. The van der Waals surface area contributed by atoms with E-state index in [2.05, 4.69) is 15.9 Å². The van der Waals surface area contributed by atoms with Crippen LogP contribution in [-0.4, -0.2) is 46.0 Å². The first-order valence-electron chi connectivity index (χ1n) is 8.38. The van der Waals surface area contributed by atoms with Gasteiger partial charge in [0.2, 0.25) is 0 Å². The molecule has 1 aliphatic heterocycles. The molecule has 25 heavy (non-hydrogen) atoms. The maximum atomic E-state index is 12.6. The Balaban J connectivity index is 1.77. The number of ketones is 1. The van der Waals surface area contributed by atoms with Crippen molar-refractivity contribution in [2.75, 3.05) is 6.54 Å². The minimum absolute atomic E-state index is 0.163. The summed E-state index contributed by atoms with van der Waals surface area (Å²) in [6.07, 6.45) is 3.62. The van der Waals surface area contributed by atoms with E-state index >= 15 is 0 Å². The van der Waals surface area contributed by atoms with Gasteiger partial charge in [-0.2, -0.15) is 0 Å².